The van der Waals surface area contributed by atoms with E-state index in [1.807, 2.05) is 24.3 Å². The van der Waals surface area contributed by atoms with E-state index in [1.54, 1.807) is 19.3 Å². The van der Waals surface area contributed by atoms with Gasteiger partial charge in [0.2, 0.25) is 0 Å². The molecule has 0 aliphatic carbocycles. The average Bonchev–Trinajstić information content (AvgIpc) is 3.08. The van der Waals surface area contributed by atoms with E-state index in [2.05, 4.69) is 15.5 Å². The first kappa shape index (κ1) is 13.9. The van der Waals surface area contributed by atoms with Crippen LogP contribution in [0.15, 0.2) is 41.3 Å². The normalized spacial score (nSPS) is 10.8. The Kier molecular flexibility index (Phi) is 3.81. The number of pyridine rings is 1. The summed E-state index contributed by atoms with van der Waals surface area (Å²) in [6, 6.07) is 9.26. The first-order chi connectivity index (χ1) is 10.1. The van der Waals surface area contributed by atoms with Crippen LogP contribution in [-0.2, 0) is 13.6 Å². The Bertz CT molecular complexity index is 820. The molecule has 21 heavy (non-hydrogen) atoms. The van der Waals surface area contributed by atoms with Crippen molar-refractivity contribution in [2.75, 3.05) is 5.32 Å². The number of nitrogens with one attached hydrogen (secondary N) is 2. The molecule has 0 atom stereocenters. The van der Waals surface area contributed by atoms with Crippen molar-refractivity contribution < 1.29 is 0 Å². The van der Waals surface area contributed by atoms with Gasteiger partial charge in [0.05, 0.1) is 22.1 Å². The summed E-state index contributed by atoms with van der Waals surface area (Å²) in [6.45, 7) is 0.659. The molecule has 3 rings (SSSR count). The fourth-order valence-corrected chi connectivity index (χ4v) is 3.00. The molecule has 0 saturated heterocycles. The highest BCUT2D eigenvalue weighted by molar-refractivity contribution is 7.16. The Hall–Kier alpha value is -2.05. The highest BCUT2D eigenvalue weighted by atomic mass is 35.5. The molecule has 3 heterocycles. The lowest BCUT2D eigenvalue weighted by atomic mass is 10.2. The molecule has 0 spiro atoms. The number of aromatic nitrogens is 3. The van der Waals surface area contributed by atoms with Crippen LogP contribution in [-0.4, -0.2) is 14.8 Å². The predicted octanol–water partition coefficient (Wildman–Crippen LogP) is 3.10. The maximum Gasteiger partial charge on any atom is 0.259 e. The van der Waals surface area contributed by atoms with Crippen LogP contribution in [0.1, 0.15) is 4.88 Å². The largest absolute Gasteiger partial charge is 0.366 e. The topological polar surface area (TPSA) is 62.7 Å². The predicted molar refractivity (Wildman–Crippen MR) is 85.9 cm³/mol. The van der Waals surface area contributed by atoms with Gasteiger partial charge in [0.25, 0.3) is 5.56 Å². The van der Waals surface area contributed by atoms with Crippen molar-refractivity contribution in [1.29, 1.82) is 0 Å². The highest BCUT2D eigenvalue weighted by Gasteiger charge is 2.08. The van der Waals surface area contributed by atoms with Crippen LogP contribution in [0, 0.1) is 0 Å². The van der Waals surface area contributed by atoms with E-state index in [-0.39, 0.29) is 5.56 Å². The van der Waals surface area contributed by atoms with Crippen molar-refractivity contribution in [1.82, 2.24) is 14.8 Å². The third-order valence-electron chi connectivity index (χ3n) is 3.06. The van der Waals surface area contributed by atoms with Crippen LogP contribution < -0.4 is 10.9 Å². The standard InChI is InChI=1S/C14H13ClN4OS/c1-19-6-2-3-10(14(19)20)11-7-13(18-17-11)16-8-9-4-5-12(15)21-9/h2-7H,8H2,1H3,(H2,16,17,18). The number of anilines is 1. The maximum absolute atomic E-state index is 12.0. The molecule has 0 aliphatic rings. The number of hydrogen-bond acceptors (Lipinski definition) is 4. The second-order valence-electron chi connectivity index (χ2n) is 4.56. The minimum Gasteiger partial charge on any atom is -0.366 e. The number of H-pyrrole nitrogens is 1. The number of rotatable bonds is 4. The Labute approximate surface area is 130 Å². The zero-order valence-electron chi connectivity index (χ0n) is 11.3. The summed E-state index contributed by atoms with van der Waals surface area (Å²) in [7, 11) is 1.72. The molecular formula is C14H13ClN4OS. The van der Waals surface area contributed by atoms with Gasteiger partial charge in [0, 0.05) is 24.2 Å². The second-order valence-corrected chi connectivity index (χ2v) is 6.36. The molecule has 0 fully saturated rings. The number of halogens is 1. The van der Waals surface area contributed by atoms with E-state index >= 15 is 0 Å². The van der Waals surface area contributed by atoms with Gasteiger partial charge in [-0.25, -0.2) is 0 Å². The molecule has 3 aromatic rings. The van der Waals surface area contributed by atoms with Crippen LogP contribution in [0.3, 0.4) is 0 Å². The quantitative estimate of drug-likeness (QED) is 0.776. The van der Waals surface area contributed by atoms with E-state index in [0.717, 1.165) is 15.0 Å². The minimum atomic E-state index is -0.0689. The Balaban J connectivity index is 1.77. The van der Waals surface area contributed by atoms with Gasteiger partial charge in [-0.1, -0.05) is 11.6 Å². The third-order valence-corrected chi connectivity index (χ3v) is 4.29. The molecule has 0 amide bonds. The van der Waals surface area contributed by atoms with E-state index in [1.165, 1.54) is 15.9 Å². The summed E-state index contributed by atoms with van der Waals surface area (Å²) in [5.41, 5.74) is 1.13. The summed E-state index contributed by atoms with van der Waals surface area (Å²) in [5, 5.41) is 10.3. The van der Waals surface area contributed by atoms with Gasteiger partial charge in [-0.2, -0.15) is 5.10 Å². The van der Waals surface area contributed by atoms with Gasteiger partial charge in [-0.3, -0.25) is 9.89 Å². The molecule has 0 unspecified atom stereocenters. The van der Waals surface area contributed by atoms with Gasteiger partial charge in [-0.05, 0) is 24.3 Å². The maximum atomic E-state index is 12.0. The van der Waals surface area contributed by atoms with Crippen LogP contribution in [0.4, 0.5) is 5.82 Å². The van der Waals surface area contributed by atoms with Crippen molar-refractivity contribution >= 4 is 28.8 Å². The highest BCUT2D eigenvalue weighted by Crippen LogP contribution is 2.22. The molecule has 0 aromatic carbocycles. The lowest BCUT2D eigenvalue weighted by molar-refractivity contribution is 0.861. The first-order valence-electron chi connectivity index (χ1n) is 6.33. The summed E-state index contributed by atoms with van der Waals surface area (Å²) < 4.78 is 2.30. The zero-order chi connectivity index (χ0) is 14.8. The van der Waals surface area contributed by atoms with Gasteiger partial charge in [0.1, 0.15) is 5.82 Å². The molecule has 7 heteroatoms. The SMILES string of the molecule is Cn1cccc(-c2cc(NCc3ccc(Cl)s3)[nH]n2)c1=O. The summed E-state index contributed by atoms with van der Waals surface area (Å²) in [4.78, 5) is 13.2. The molecule has 0 aliphatic heterocycles. The molecular weight excluding hydrogens is 308 g/mol. The fraction of sp³-hybridized carbons (Fsp3) is 0.143. The number of aromatic amines is 1. The van der Waals surface area contributed by atoms with E-state index in [4.69, 9.17) is 11.6 Å². The zero-order valence-corrected chi connectivity index (χ0v) is 12.8. The third kappa shape index (κ3) is 3.01. The molecule has 108 valence electrons. The number of aryl methyl sites for hydroxylation is 1. The second kappa shape index (κ2) is 5.75. The summed E-state index contributed by atoms with van der Waals surface area (Å²) in [6.07, 6.45) is 1.72. The molecule has 0 radical (unpaired) electrons. The molecule has 2 N–H and O–H groups in total. The molecule has 0 bridgehead atoms. The first-order valence-corrected chi connectivity index (χ1v) is 7.52. The summed E-state index contributed by atoms with van der Waals surface area (Å²) in [5.74, 6) is 0.764. The van der Waals surface area contributed by atoms with Crippen LogP contribution in [0.5, 0.6) is 0 Å². The van der Waals surface area contributed by atoms with Crippen molar-refractivity contribution in [2.45, 2.75) is 6.54 Å². The Morgan fingerprint density at radius 1 is 1.43 bits per heavy atom. The number of thiophene rings is 1. The van der Waals surface area contributed by atoms with Crippen LogP contribution >= 0.6 is 22.9 Å². The molecule has 3 aromatic heterocycles. The van der Waals surface area contributed by atoms with Crippen molar-refractivity contribution in [3.05, 3.63) is 56.1 Å². The molecule has 5 nitrogen and oxygen atoms in total. The smallest absolute Gasteiger partial charge is 0.259 e. The van der Waals surface area contributed by atoms with Crippen molar-refractivity contribution in [2.24, 2.45) is 7.05 Å². The monoisotopic (exact) mass is 320 g/mol. The average molecular weight is 321 g/mol. The van der Waals surface area contributed by atoms with Gasteiger partial charge < -0.3 is 9.88 Å². The van der Waals surface area contributed by atoms with Crippen molar-refractivity contribution in [3.8, 4) is 11.3 Å². The summed E-state index contributed by atoms with van der Waals surface area (Å²) >= 11 is 7.42. The van der Waals surface area contributed by atoms with E-state index in [0.29, 0.717) is 17.8 Å². The minimum absolute atomic E-state index is 0.0689. The molecule has 0 saturated carbocycles. The van der Waals surface area contributed by atoms with Gasteiger partial charge in [0.15, 0.2) is 0 Å². The fourth-order valence-electron chi connectivity index (χ4n) is 1.97. The van der Waals surface area contributed by atoms with Crippen molar-refractivity contribution in [3.63, 3.8) is 0 Å². The Morgan fingerprint density at radius 3 is 3.05 bits per heavy atom. The van der Waals surface area contributed by atoms with Crippen LogP contribution in [0.2, 0.25) is 4.34 Å². The van der Waals surface area contributed by atoms with Gasteiger partial charge in [-0.15, -0.1) is 11.3 Å². The van der Waals surface area contributed by atoms with Gasteiger partial charge >= 0.3 is 0 Å². The lowest BCUT2D eigenvalue weighted by Crippen LogP contribution is -2.17. The van der Waals surface area contributed by atoms with E-state index in [9.17, 15) is 4.79 Å². The number of hydrogen-bond donors (Lipinski definition) is 2. The lowest BCUT2D eigenvalue weighted by Gasteiger charge is -2.00. The number of nitrogens with zero attached hydrogens (tertiary/aromatic N) is 2. The Morgan fingerprint density at radius 2 is 2.29 bits per heavy atom. The van der Waals surface area contributed by atoms with E-state index < -0.39 is 0 Å². The van der Waals surface area contributed by atoms with Crippen LogP contribution in [0.25, 0.3) is 11.3 Å².